The van der Waals surface area contributed by atoms with Gasteiger partial charge in [-0.05, 0) is 36.3 Å². The van der Waals surface area contributed by atoms with Crippen LogP contribution in [0.2, 0.25) is 0 Å². The van der Waals surface area contributed by atoms with Gasteiger partial charge in [0.25, 0.3) is 0 Å². The monoisotopic (exact) mass is 525 g/mol. The average molecular weight is 526 g/mol. The molecule has 210 valence electrons. The highest BCUT2D eigenvalue weighted by molar-refractivity contribution is 6.09. The van der Waals surface area contributed by atoms with E-state index in [0.717, 1.165) is 24.8 Å². The van der Waals surface area contributed by atoms with Crippen LogP contribution in [0.1, 0.15) is 88.7 Å². The van der Waals surface area contributed by atoms with Gasteiger partial charge in [0, 0.05) is 30.6 Å². The quantitative estimate of drug-likeness (QED) is 0.255. The fourth-order valence-corrected chi connectivity index (χ4v) is 3.90. The molecule has 0 heterocycles. The molecule has 2 rings (SSSR count). The Balaban J connectivity index is 0.000000962. The van der Waals surface area contributed by atoms with Gasteiger partial charge >= 0.3 is 0 Å². The van der Waals surface area contributed by atoms with E-state index in [1.807, 2.05) is 50.2 Å². The number of carbonyl (C=O) groups is 4. The zero-order chi connectivity index (χ0) is 28.9. The standard InChI is InChI=1S/C21H24N2O3.C8H17NO.C2H6/c1-2-3-12-23(20(25)14-22-16-24)15-17-8-7-11-19(13-17)21(26)18-9-5-4-6-10-18;1-6(2)4-7(3)5-8(9)10;1-2/h4-11,13,16H,2-3,12,14-15H2,1H3,(H,22,24);6-7H,4-5H2,1-3H3,(H2,9,10);1-2H3. The van der Waals surface area contributed by atoms with E-state index in [1.54, 1.807) is 23.1 Å². The highest BCUT2D eigenvalue weighted by Crippen LogP contribution is 2.15. The lowest BCUT2D eigenvalue weighted by atomic mass is 9.96. The van der Waals surface area contributed by atoms with Crippen molar-refractivity contribution in [2.75, 3.05) is 13.1 Å². The Morgan fingerprint density at radius 1 is 0.974 bits per heavy atom. The minimum absolute atomic E-state index is 0.0180. The number of rotatable bonds is 14. The van der Waals surface area contributed by atoms with Gasteiger partial charge in [-0.1, -0.05) is 96.5 Å². The molecule has 0 saturated heterocycles. The Labute approximate surface area is 229 Å². The third kappa shape index (κ3) is 14.9. The molecule has 3 amide bonds. The number of unbranched alkanes of at least 4 members (excludes halogenated alkanes) is 1. The highest BCUT2D eigenvalue weighted by Gasteiger charge is 2.15. The Hall–Kier alpha value is -3.48. The Bertz CT molecular complexity index is 961. The van der Waals surface area contributed by atoms with Crippen molar-refractivity contribution in [1.29, 1.82) is 0 Å². The van der Waals surface area contributed by atoms with Crippen LogP contribution in [0.25, 0.3) is 0 Å². The number of nitrogens with two attached hydrogens (primary N) is 1. The third-order valence-electron chi connectivity index (χ3n) is 5.49. The van der Waals surface area contributed by atoms with Crippen LogP contribution in [0.5, 0.6) is 0 Å². The van der Waals surface area contributed by atoms with E-state index in [1.165, 1.54) is 0 Å². The molecule has 0 radical (unpaired) electrons. The minimum atomic E-state index is -0.187. The molecule has 7 heteroatoms. The van der Waals surface area contributed by atoms with Crippen molar-refractivity contribution in [3.05, 3.63) is 71.3 Å². The molecular weight excluding hydrogens is 478 g/mol. The van der Waals surface area contributed by atoms with E-state index in [9.17, 15) is 19.2 Å². The van der Waals surface area contributed by atoms with Crippen molar-refractivity contribution in [3.8, 4) is 0 Å². The maximum atomic E-state index is 12.6. The molecule has 0 aliphatic carbocycles. The van der Waals surface area contributed by atoms with E-state index in [-0.39, 0.29) is 24.1 Å². The fraction of sp³-hybridized carbons (Fsp3) is 0.484. The van der Waals surface area contributed by atoms with Gasteiger partial charge in [0.05, 0.1) is 6.54 Å². The molecule has 0 aliphatic heterocycles. The summed E-state index contributed by atoms with van der Waals surface area (Å²) in [4.78, 5) is 47.5. The zero-order valence-electron chi connectivity index (χ0n) is 24.0. The van der Waals surface area contributed by atoms with Gasteiger partial charge in [0.1, 0.15) is 0 Å². The summed E-state index contributed by atoms with van der Waals surface area (Å²) in [6.07, 6.45) is 3.99. The van der Waals surface area contributed by atoms with Gasteiger partial charge in [-0.3, -0.25) is 19.2 Å². The second kappa shape index (κ2) is 20.6. The van der Waals surface area contributed by atoms with Gasteiger partial charge in [0.2, 0.25) is 18.2 Å². The summed E-state index contributed by atoms with van der Waals surface area (Å²) in [6, 6.07) is 16.5. The molecule has 7 nitrogen and oxygen atoms in total. The molecule has 0 aliphatic rings. The van der Waals surface area contributed by atoms with Gasteiger partial charge in [0.15, 0.2) is 5.78 Å². The van der Waals surface area contributed by atoms with Crippen LogP contribution in [0.3, 0.4) is 0 Å². The number of amides is 3. The summed E-state index contributed by atoms with van der Waals surface area (Å²) in [6.45, 7) is 13.4. The van der Waals surface area contributed by atoms with Crippen molar-refractivity contribution in [2.24, 2.45) is 17.6 Å². The summed E-state index contributed by atoms with van der Waals surface area (Å²) >= 11 is 0. The first-order chi connectivity index (χ1) is 18.2. The summed E-state index contributed by atoms with van der Waals surface area (Å²) in [5, 5.41) is 2.42. The maximum absolute atomic E-state index is 12.6. The van der Waals surface area contributed by atoms with E-state index < -0.39 is 0 Å². The molecule has 38 heavy (non-hydrogen) atoms. The van der Waals surface area contributed by atoms with Gasteiger partial charge < -0.3 is 16.0 Å². The number of hydrogen-bond acceptors (Lipinski definition) is 4. The summed E-state index contributed by atoms with van der Waals surface area (Å²) in [7, 11) is 0. The molecule has 0 spiro atoms. The topological polar surface area (TPSA) is 110 Å². The van der Waals surface area contributed by atoms with Gasteiger partial charge in [-0.25, -0.2) is 0 Å². The van der Waals surface area contributed by atoms with Crippen LogP contribution >= 0.6 is 0 Å². The second-order valence-corrected chi connectivity index (χ2v) is 9.47. The van der Waals surface area contributed by atoms with E-state index >= 15 is 0 Å². The number of nitrogens with zero attached hydrogens (tertiary/aromatic N) is 1. The first-order valence-corrected chi connectivity index (χ1v) is 13.6. The lowest BCUT2D eigenvalue weighted by Gasteiger charge is -2.23. The number of ketones is 1. The number of benzene rings is 2. The van der Waals surface area contributed by atoms with E-state index in [4.69, 9.17) is 5.73 Å². The molecule has 0 saturated carbocycles. The predicted molar refractivity (Wildman–Crippen MR) is 154 cm³/mol. The van der Waals surface area contributed by atoms with Crippen molar-refractivity contribution in [2.45, 2.75) is 73.8 Å². The number of nitrogens with one attached hydrogen (secondary N) is 1. The Morgan fingerprint density at radius 3 is 2.16 bits per heavy atom. The Kier molecular flexibility index (Phi) is 18.7. The SMILES string of the molecule is CC.CC(C)CC(C)CC(N)=O.CCCCN(Cc1cccc(C(=O)c2ccccc2)c1)C(=O)CNC=O. The number of primary amides is 1. The highest BCUT2D eigenvalue weighted by atomic mass is 16.2. The number of carbonyl (C=O) groups excluding carboxylic acids is 4. The molecule has 0 bridgehead atoms. The third-order valence-corrected chi connectivity index (χ3v) is 5.49. The Morgan fingerprint density at radius 2 is 1.61 bits per heavy atom. The van der Waals surface area contributed by atoms with Crippen molar-refractivity contribution >= 4 is 24.0 Å². The zero-order valence-corrected chi connectivity index (χ0v) is 24.0. The van der Waals surface area contributed by atoms with E-state index in [0.29, 0.717) is 48.9 Å². The van der Waals surface area contributed by atoms with Gasteiger partial charge in [-0.2, -0.15) is 0 Å². The normalized spacial score (nSPS) is 10.7. The van der Waals surface area contributed by atoms with Crippen LogP contribution in [0, 0.1) is 11.8 Å². The number of hydrogen-bond donors (Lipinski definition) is 2. The van der Waals surface area contributed by atoms with Crippen LogP contribution in [0.4, 0.5) is 0 Å². The van der Waals surface area contributed by atoms with Crippen LogP contribution in [-0.2, 0) is 20.9 Å². The predicted octanol–water partition coefficient (Wildman–Crippen LogP) is 5.36. The minimum Gasteiger partial charge on any atom is -0.370 e. The lowest BCUT2D eigenvalue weighted by molar-refractivity contribution is -0.132. The second-order valence-electron chi connectivity index (χ2n) is 9.47. The smallest absolute Gasteiger partial charge is 0.242 e. The molecule has 3 N–H and O–H groups in total. The summed E-state index contributed by atoms with van der Waals surface area (Å²) in [5.74, 6) is 0.742. The maximum Gasteiger partial charge on any atom is 0.242 e. The first kappa shape index (κ1) is 34.5. The first-order valence-electron chi connectivity index (χ1n) is 13.6. The average Bonchev–Trinajstić information content (AvgIpc) is 2.90. The fourth-order valence-electron chi connectivity index (χ4n) is 3.90. The molecule has 2 aromatic rings. The molecular formula is C31H47N3O4. The molecule has 2 aromatic carbocycles. The van der Waals surface area contributed by atoms with Gasteiger partial charge in [-0.15, -0.1) is 0 Å². The summed E-state index contributed by atoms with van der Waals surface area (Å²) in [5.41, 5.74) is 7.16. The molecule has 0 fully saturated rings. The van der Waals surface area contributed by atoms with Crippen molar-refractivity contribution in [1.82, 2.24) is 10.2 Å². The largest absolute Gasteiger partial charge is 0.370 e. The summed E-state index contributed by atoms with van der Waals surface area (Å²) < 4.78 is 0. The lowest BCUT2D eigenvalue weighted by Crippen LogP contribution is -2.38. The van der Waals surface area contributed by atoms with Crippen molar-refractivity contribution < 1.29 is 19.2 Å². The molecule has 0 aromatic heterocycles. The van der Waals surface area contributed by atoms with Crippen LogP contribution in [-0.4, -0.2) is 42.0 Å². The van der Waals surface area contributed by atoms with Crippen LogP contribution < -0.4 is 11.1 Å². The van der Waals surface area contributed by atoms with Crippen molar-refractivity contribution in [3.63, 3.8) is 0 Å². The molecule has 1 unspecified atom stereocenters. The van der Waals surface area contributed by atoms with Crippen LogP contribution in [0.15, 0.2) is 54.6 Å². The van der Waals surface area contributed by atoms with E-state index in [2.05, 4.69) is 33.0 Å². The molecule has 1 atom stereocenters.